The first-order valence-corrected chi connectivity index (χ1v) is 9.87. The maximum Gasteiger partial charge on any atom is 0.0221 e. The van der Waals surface area contributed by atoms with E-state index in [0.29, 0.717) is 0 Å². The van der Waals surface area contributed by atoms with Gasteiger partial charge >= 0.3 is 0 Å². The van der Waals surface area contributed by atoms with E-state index in [1.54, 1.807) is 0 Å². The third kappa shape index (κ3) is 6.69. The van der Waals surface area contributed by atoms with Crippen molar-refractivity contribution in [1.82, 2.24) is 10.2 Å². The minimum atomic E-state index is 0.795. The van der Waals surface area contributed by atoms with E-state index in [9.17, 15) is 0 Å². The molecule has 2 rings (SSSR count). The molecule has 0 aromatic heterocycles. The molecule has 1 aliphatic carbocycles. The fourth-order valence-electron chi connectivity index (χ4n) is 4.21. The van der Waals surface area contributed by atoms with E-state index in [1.807, 2.05) is 0 Å². The molecule has 2 nitrogen and oxygen atoms in total. The summed E-state index contributed by atoms with van der Waals surface area (Å²) in [7, 11) is 0. The highest BCUT2D eigenvalue weighted by Gasteiger charge is 2.23. The van der Waals surface area contributed by atoms with Gasteiger partial charge in [-0.1, -0.05) is 64.7 Å². The van der Waals surface area contributed by atoms with E-state index >= 15 is 0 Å². The minimum absolute atomic E-state index is 0.795. The number of likely N-dealkylation sites (N-methyl/N-ethyl adjacent to an activating group) is 1. The highest BCUT2D eigenvalue weighted by molar-refractivity contribution is 4.81. The molecule has 1 saturated carbocycles. The molecule has 1 atom stereocenters. The van der Waals surface area contributed by atoms with Crippen molar-refractivity contribution in [2.24, 2.45) is 0 Å². The SMILES string of the molecule is CCN1CCCC1CNC1CCCCCCCCCCC1. The summed E-state index contributed by atoms with van der Waals surface area (Å²) in [6.45, 7) is 6.11. The van der Waals surface area contributed by atoms with E-state index < -0.39 is 0 Å². The van der Waals surface area contributed by atoms with Gasteiger partial charge in [-0.15, -0.1) is 0 Å². The summed E-state index contributed by atoms with van der Waals surface area (Å²) >= 11 is 0. The quantitative estimate of drug-likeness (QED) is 0.806. The first kappa shape index (κ1) is 17.3. The lowest BCUT2D eigenvalue weighted by Crippen LogP contribution is -2.41. The highest BCUT2D eigenvalue weighted by atomic mass is 15.2. The summed E-state index contributed by atoms with van der Waals surface area (Å²) in [5.41, 5.74) is 0. The van der Waals surface area contributed by atoms with Gasteiger partial charge < -0.3 is 5.32 Å². The Balaban J connectivity index is 1.70. The fraction of sp³-hybridized carbons (Fsp3) is 1.00. The zero-order valence-corrected chi connectivity index (χ0v) is 14.4. The molecule has 0 spiro atoms. The molecule has 21 heavy (non-hydrogen) atoms. The van der Waals surface area contributed by atoms with Crippen molar-refractivity contribution in [2.45, 2.75) is 102 Å². The number of nitrogens with zero attached hydrogens (tertiary/aromatic N) is 1. The molecule has 0 amide bonds. The summed E-state index contributed by atoms with van der Waals surface area (Å²) in [4.78, 5) is 2.67. The smallest absolute Gasteiger partial charge is 0.0221 e. The van der Waals surface area contributed by atoms with Gasteiger partial charge in [0.2, 0.25) is 0 Å². The van der Waals surface area contributed by atoms with Crippen LogP contribution in [0.15, 0.2) is 0 Å². The summed E-state index contributed by atoms with van der Waals surface area (Å²) in [5, 5.41) is 3.94. The molecule has 1 heterocycles. The van der Waals surface area contributed by atoms with Crippen molar-refractivity contribution >= 4 is 0 Å². The molecule has 2 aliphatic rings. The average molecular weight is 295 g/mol. The van der Waals surface area contributed by atoms with E-state index in [4.69, 9.17) is 0 Å². The Morgan fingerprint density at radius 1 is 0.762 bits per heavy atom. The second-order valence-corrected chi connectivity index (χ2v) is 7.29. The Hall–Kier alpha value is -0.0800. The lowest BCUT2D eigenvalue weighted by molar-refractivity contribution is 0.248. The van der Waals surface area contributed by atoms with Crippen molar-refractivity contribution in [3.8, 4) is 0 Å². The number of hydrogen-bond acceptors (Lipinski definition) is 2. The van der Waals surface area contributed by atoms with Gasteiger partial charge in [0, 0.05) is 18.6 Å². The van der Waals surface area contributed by atoms with E-state index in [0.717, 1.165) is 12.1 Å². The van der Waals surface area contributed by atoms with Crippen molar-refractivity contribution in [1.29, 1.82) is 0 Å². The number of hydrogen-bond donors (Lipinski definition) is 1. The van der Waals surface area contributed by atoms with Crippen LogP contribution in [0.5, 0.6) is 0 Å². The molecule has 1 saturated heterocycles. The Labute approximate surface area is 133 Å². The maximum absolute atomic E-state index is 3.94. The first-order valence-electron chi connectivity index (χ1n) is 9.87. The van der Waals surface area contributed by atoms with Crippen LogP contribution in [0.4, 0.5) is 0 Å². The van der Waals surface area contributed by atoms with Gasteiger partial charge in [-0.05, 0) is 38.8 Å². The number of likely N-dealkylation sites (tertiary alicyclic amines) is 1. The van der Waals surface area contributed by atoms with Crippen LogP contribution in [0.1, 0.15) is 90.4 Å². The second-order valence-electron chi connectivity index (χ2n) is 7.29. The standard InChI is InChI=1S/C19H38N2/c1-2-21-16-12-15-19(21)17-20-18-13-10-8-6-4-3-5-7-9-11-14-18/h18-20H,2-17H2,1H3. The summed E-state index contributed by atoms with van der Waals surface area (Å²) in [6.07, 6.45) is 18.8. The van der Waals surface area contributed by atoms with E-state index in [1.165, 1.54) is 103 Å². The van der Waals surface area contributed by atoms with Crippen molar-refractivity contribution in [2.75, 3.05) is 19.6 Å². The van der Waals surface area contributed by atoms with Crippen LogP contribution in [0.2, 0.25) is 0 Å². The predicted octanol–water partition coefficient (Wildman–Crippen LogP) is 4.73. The van der Waals surface area contributed by atoms with Gasteiger partial charge in [-0.2, -0.15) is 0 Å². The predicted molar refractivity (Wildman–Crippen MR) is 92.8 cm³/mol. The van der Waals surface area contributed by atoms with E-state index in [-0.39, 0.29) is 0 Å². The van der Waals surface area contributed by atoms with Crippen LogP contribution in [-0.4, -0.2) is 36.6 Å². The maximum atomic E-state index is 3.94. The van der Waals surface area contributed by atoms with E-state index in [2.05, 4.69) is 17.1 Å². The molecular formula is C19H38N2. The number of rotatable bonds is 4. The monoisotopic (exact) mass is 294 g/mol. The zero-order chi connectivity index (χ0) is 14.8. The molecule has 1 aliphatic heterocycles. The average Bonchev–Trinajstić information content (AvgIpc) is 2.94. The third-order valence-electron chi connectivity index (χ3n) is 5.65. The summed E-state index contributed by atoms with van der Waals surface area (Å²) < 4.78 is 0. The van der Waals surface area contributed by atoms with Gasteiger partial charge in [0.1, 0.15) is 0 Å². The second kappa shape index (κ2) is 10.6. The summed E-state index contributed by atoms with van der Waals surface area (Å²) in [5.74, 6) is 0. The van der Waals surface area contributed by atoms with Crippen LogP contribution in [-0.2, 0) is 0 Å². The van der Waals surface area contributed by atoms with Crippen LogP contribution < -0.4 is 5.32 Å². The molecule has 2 fully saturated rings. The summed E-state index contributed by atoms with van der Waals surface area (Å²) in [6, 6.07) is 1.61. The fourth-order valence-corrected chi connectivity index (χ4v) is 4.21. The van der Waals surface area contributed by atoms with Gasteiger partial charge in [0.25, 0.3) is 0 Å². The molecular weight excluding hydrogens is 256 g/mol. The molecule has 0 aromatic carbocycles. The Kier molecular flexibility index (Phi) is 8.73. The van der Waals surface area contributed by atoms with Crippen molar-refractivity contribution in [3.05, 3.63) is 0 Å². The molecule has 0 bridgehead atoms. The molecule has 1 unspecified atom stereocenters. The molecule has 1 N–H and O–H groups in total. The topological polar surface area (TPSA) is 15.3 Å². The van der Waals surface area contributed by atoms with Gasteiger partial charge in [0.05, 0.1) is 0 Å². The minimum Gasteiger partial charge on any atom is -0.312 e. The van der Waals surface area contributed by atoms with Crippen LogP contribution >= 0.6 is 0 Å². The van der Waals surface area contributed by atoms with Crippen LogP contribution in [0.25, 0.3) is 0 Å². The lowest BCUT2D eigenvalue weighted by Gasteiger charge is -2.26. The Morgan fingerprint density at radius 2 is 1.33 bits per heavy atom. The molecule has 0 radical (unpaired) electrons. The molecule has 124 valence electrons. The zero-order valence-electron chi connectivity index (χ0n) is 14.4. The first-order chi connectivity index (χ1) is 10.4. The normalized spacial score (nSPS) is 28.1. The Morgan fingerprint density at radius 3 is 1.90 bits per heavy atom. The number of nitrogens with one attached hydrogen (secondary N) is 1. The largest absolute Gasteiger partial charge is 0.312 e. The van der Waals surface area contributed by atoms with Crippen molar-refractivity contribution in [3.63, 3.8) is 0 Å². The molecule has 0 aromatic rings. The Bertz CT molecular complexity index is 242. The molecule has 2 heteroatoms. The lowest BCUT2D eigenvalue weighted by atomic mass is 9.97. The van der Waals surface area contributed by atoms with Gasteiger partial charge in [-0.3, -0.25) is 4.90 Å². The van der Waals surface area contributed by atoms with Crippen molar-refractivity contribution < 1.29 is 0 Å². The van der Waals surface area contributed by atoms with Gasteiger partial charge in [0.15, 0.2) is 0 Å². The van der Waals surface area contributed by atoms with Gasteiger partial charge in [-0.25, -0.2) is 0 Å². The van der Waals surface area contributed by atoms with Crippen LogP contribution in [0, 0.1) is 0 Å². The van der Waals surface area contributed by atoms with Crippen LogP contribution in [0.3, 0.4) is 0 Å². The highest BCUT2D eigenvalue weighted by Crippen LogP contribution is 2.19. The third-order valence-corrected chi connectivity index (χ3v) is 5.65.